The lowest BCUT2D eigenvalue weighted by molar-refractivity contribution is 0.0958. The van der Waals surface area contributed by atoms with E-state index in [1.165, 1.54) is 5.56 Å². The minimum Gasteiger partial charge on any atom is -0.348 e. The molecule has 0 aliphatic carbocycles. The smallest absolute Gasteiger partial charge is 0.255 e. The number of nitrogens with zero attached hydrogens (tertiary/aromatic N) is 2. The molecule has 0 radical (unpaired) electrons. The fourth-order valence-corrected chi connectivity index (χ4v) is 2.91. The van der Waals surface area contributed by atoms with Crippen molar-refractivity contribution in [3.05, 3.63) is 66.4 Å². The van der Waals surface area contributed by atoms with Crippen LogP contribution in [0.3, 0.4) is 0 Å². The third-order valence-electron chi connectivity index (χ3n) is 3.87. The highest BCUT2D eigenvalue weighted by Gasteiger charge is 2.30. The summed E-state index contributed by atoms with van der Waals surface area (Å²) in [5, 5.41) is 2.83. The lowest BCUT2D eigenvalue weighted by Gasteiger charge is -2.25. The van der Waals surface area contributed by atoms with Crippen LogP contribution < -0.4 is 10.2 Å². The monoisotopic (exact) mass is 293 g/mol. The van der Waals surface area contributed by atoms with Crippen LogP contribution in [0.1, 0.15) is 22.8 Å². The van der Waals surface area contributed by atoms with Gasteiger partial charge >= 0.3 is 0 Å². The summed E-state index contributed by atoms with van der Waals surface area (Å²) < 4.78 is 0. The number of rotatable bonds is 4. The molecule has 0 saturated heterocycles. The summed E-state index contributed by atoms with van der Waals surface area (Å²) in [6.45, 7) is 6.22. The van der Waals surface area contributed by atoms with E-state index in [1.54, 1.807) is 18.3 Å². The lowest BCUT2D eigenvalue weighted by atomic mass is 10.1. The molecule has 1 aliphatic heterocycles. The SMILES string of the molecule is C=CCNC(=O)c1cccnc1N1c2ccccc2CC1C. The fraction of sp³-hybridized carbons (Fsp3) is 0.222. The van der Waals surface area contributed by atoms with Crippen LogP contribution in [0.15, 0.2) is 55.3 Å². The van der Waals surface area contributed by atoms with E-state index in [0.29, 0.717) is 17.9 Å². The van der Waals surface area contributed by atoms with Gasteiger partial charge in [0.05, 0.1) is 5.56 Å². The first kappa shape index (κ1) is 14.3. The number of pyridine rings is 1. The average Bonchev–Trinajstić information content (AvgIpc) is 2.88. The van der Waals surface area contributed by atoms with Gasteiger partial charge < -0.3 is 10.2 Å². The van der Waals surface area contributed by atoms with E-state index in [9.17, 15) is 4.79 Å². The van der Waals surface area contributed by atoms with Crippen LogP contribution in [-0.2, 0) is 6.42 Å². The van der Waals surface area contributed by atoms with Gasteiger partial charge in [-0.2, -0.15) is 0 Å². The maximum Gasteiger partial charge on any atom is 0.255 e. The van der Waals surface area contributed by atoms with Gasteiger partial charge in [0.25, 0.3) is 5.91 Å². The molecule has 112 valence electrons. The molecule has 3 rings (SSSR count). The van der Waals surface area contributed by atoms with Crippen LogP contribution in [0.5, 0.6) is 0 Å². The first-order valence-electron chi connectivity index (χ1n) is 7.43. The van der Waals surface area contributed by atoms with Gasteiger partial charge in [-0.05, 0) is 37.1 Å². The van der Waals surface area contributed by atoms with E-state index in [2.05, 4.69) is 40.8 Å². The molecule has 2 aromatic rings. The van der Waals surface area contributed by atoms with Crippen molar-refractivity contribution in [1.29, 1.82) is 0 Å². The predicted molar refractivity (Wildman–Crippen MR) is 88.5 cm³/mol. The third-order valence-corrected chi connectivity index (χ3v) is 3.87. The number of anilines is 2. The highest BCUT2D eigenvalue weighted by atomic mass is 16.1. The van der Waals surface area contributed by atoms with E-state index < -0.39 is 0 Å². The first-order valence-corrected chi connectivity index (χ1v) is 7.43. The summed E-state index contributed by atoms with van der Waals surface area (Å²) in [6.07, 6.45) is 4.36. The molecule has 4 nitrogen and oxygen atoms in total. The van der Waals surface area contributed by atoms with Crippen LogP contribution in [0.4, 0.5) is 11.5 Å². The van der Waals surface area contributed by atoms with Crippen molar-refractivity contribution in [2.24, 2.45) is 0 Å². The van der Waals surface area contributed by atoms with Crippen molar-refractivity contribution < 1.29 is 4.79 Å². The van der Waals surface area contributed by atoms with Crippen molar-refractivity contribution in [2.45, 2.75) is 19.4 Å². The number of fused-ring (bicyclic) bond motifs is 1. The van der Waals surface area contributed by atoms with Crippen molar-refractivity contribution >= 4 is 17.4 Å². The van der Waals surface area contributed by atoms with Gasteiger partial charge in [0, 0.05) is 24.5 Å². The molecular weight excluding hydrogens is 274 g/mol. The van der Waals surface area contributed by atoms with Gasteiger partial charge in [-0.3, -0.25) is 4.79 Å². The third kappa shape index (κ3) is 2.48. The number of carbonyl (C=O) groups is 1. The summed E-state index contributed by atoms with van der Waals surface area (Å²) >= 11 is 0. The van der Waals surface area contributed by atoms with Crippen molar-refractivity contribution in [2.75, 3.05) is 11.4 Å². The molecule has 1 aromatic carbocycles. The summed E-state index contributed by atoms with van der Waals surface area (Å²) in [7, 11) is 0. The number of para-hydroxylation sites is 1. The molecule has 1 N–H and O–H groups in total. The number of amides is 1. The number of hydrogen-bond donors (Lipinski definition) is 1. The molecule has 1 amide bonds. The average molecular weight is 293 g/mol. The summed E-state index contributed by atoms with van der Waals surface area (Å²) in [6, 6.07) is 12.2. The van der Waals surface area contributed by atoms with E-state index >= 15 is 0 Å². The van der Waals surface area contributed by atoms with E-state index in [4.69, 9.17) is 0 Å². The molecule has 1 atom stereocenters. The standard InChI is InChI=1S/C18H19N3O/c1-3-10-20-18(22)15-8-6-11-19-17(15)21-13(2)12-14-7-4-5-9-16(14)21/h3-9,11,13H,1,10,12H2,2H3,(H,20,22). The summed E-state index contributed by atoms with van der Waals surface area (Å²) in [4.78, 5) is 19.0. The first-order chi connectivity index (χ1) is 10.7. The maximum atomic E-state index is 12.4. The molecule has 22 heavy (non-hydrogen) atoms. The number of benzene rings is 1. The largest absolute Gasteiger partial charge is 0.348 e. The van der Waals surface area contributed by atoms with Crippen LogP contribution >= 0.6 is 0 Å². The number of hydrogen-bond acceptors (Lipinski definition) is 3. The second-order valence-corrected chi connectivity index (χ2v) is 5.43. The Hall–Kier alpha value is -2.62. The van der Waals surface area contributed by atoms with E-state index in [-0.39, 0.29) is 11.9 Å². The molecular formula is C18H19N3O. The molecule has 2 heterocycles. The number of aromatic nitrogens is 1. The second-order valence-electron chi connectivity index (χ2n) is 5.43. The van der Waals surface area contributed by atoms with E-state index in [1.807, 2.05) is 18.2 Å². The van der Waals surface area contributed by atoms with Gasteiger partial charge in [-0.25, -0.2) is 4.98 Å². The Morgan fingerprint density at radius 1 is 1.41 bits per heavy atom. The zero-order valence-electron chi connectivity index (χ0n) is 12.6. The number of nitrogens with one attached hydrogen (secondary N) is 1. The molecule has 0 bridgehead atoms. The van der Waals surface area contributed by atoms with Crippen molar-refractivity contribution in [1.82, 2.24) is 10.3 Å². The molecule has 4 heteroatoms. The van der Waals surface area contributed by atoms with Gasteiger partial charge in [-0.1, -0.05) is 24.3 Å². The maximum absolute atomic E-state index is 12.4. The minimum absolute atomic E-state index is 0.125. The summed E-state index contributed by atoms with van der Waals surface area (Å²) in [5.41, 5.74) is 3.01. The predicted octanol–water partition coefficient (Wildman–Crippen LogP) is 3.08. The fourth-order valence-electron chi connectivity index (χ4n) is 2.91. The molecule has 0 spiro atoms. The Kier molecular flexibility index (Phi) is 3.92. The zero-order valence-corrected chi connectivity index (χ0v) is 12.6. The van der Waals surface area contributed by atoms with Crippen LogP contribution in [0.25, 0.3) is 0 Å². The highest BCUT2D eigenvalue weighted by Crippen LogP contribution is 2.38. The Morgan fingerprint density at radius 2 is 2.23 bits per heavy atom. The highest BCUT2D eigenvalue weighted by molar-refractivity contribution is 6.00. The van der Waals surface area contributed by atoms with Gasteiger partial charge in [-0.15, -0.1) is 6.58 Å². The van der Waals surface area contributed by atoms with Crippen molar-refractivity contribution in [3.8, 4) is 0 Å². The van der Waals surface area contributed by atoms with Crippen LogP contribution in [0, 0.1) is 0 Å². The van der Waals surface area contributed by atoms with Gasteiger partial charge in [0.15, 0.2) is 0 Å². The van der Waals surface area contributed by atoms with Crippen molar-refractivity contribution in [3.63, 3.8) is 0 Å². The minimum atomic E-state index is -0.125. The zero-order chi connectivity index (χ0) is 15.5. The molecule has 1 aliphatic rings. The Balaban J connectivity index is 2.02. The topological polar surface area (TPSA) is 45.2 Å². The van der Waals surface area contributed by atoms with Gasteiger partial charge in [0.1, 0.15) is 5.82 Å². The summed E-state index contributed by atoms with van der Waals surface area (Å²) in [5.74, 6) is 0.584. The van der Waals surface area contributed by atoms with Crippen LogP contribution in [-0.4, -0.2) is 23.5 Å². The van der Waals surface area contributed by atoms with E-state index in [0.717, 1.165) is 12.1 Å². The molecule has 0 saturated carbocycles. The molecule has 1 unspecified atom stereocenters. The van der Waals surface area contributed by atoms with Crippen LogP contribution in [0.2, 0.25) is 0 Å². The molecule has 1 aromatic heterocycles. The van der Waals surface area contributed by atoms with Gasteiger partial charge in [0.2, 0.25) is 0 Å². The molecule has 0 fully saturated rings. The second kappa shape index (κ2) is 6.02. The Labute approximate surface area is 130 Å². The normalized spacial score (nSPS) is 16.2. The number of carbonyl (C=O) groups excluding carboxylic acids is 1. The lowest BCUT2D eigenvalue weighted by Crippen LogP contribution is -2.30. The Morgan fingerprint density at radius 3 is 3.05 bits per heavy atom. The quantitative estimate of drug-likeness (QED) is 0.881. The Bertz CT molecular complexity index is 711.